The molecule has 0 bridgehead atoms. The number of hydrogen-bond donors (Lipinski definition) is 1. The van der Waals surface area contributed by atoms with E-state index in [1.807, 2.05) is 36.4 Å². The molecule has 8 heteroatoms. The van der Waals surface area contributed by atoms with Crippen LogP contribution in [0.15, 0.2) is 68.7 Å². The molecule has 4 aromatic rings. The molecule has 1 amide bonds. The van der Waals surface area contributed by atoms with Crippen molar-refractivity contribution in [1.29, 1.82) is 0 Å². The van der Waals surface area contributed by atoms with E-state index in [0.717, 1.165) is 26.3 Å². The largest absolute Gasteiger partial charge is 0.465 e. The van der Waals surface area contributed by atoms with Crippen molar-refractivity contribution in [3.63, 3.8) is 0 Å². The monoisotopic (exact) mass is 467 g/mol. The Labute approximate surface area is 180 Å². The van der Waals surface area contributed by atoms with Gasteiger partial charge in [0.05, 0.1) is 12.8 Å². The van der Waals surface area contributed by atoms with Crippen molar-refractivity contribution in [3.8, 4) is 0 Å². The van der Waals surface area contributed by atoms with Gasteiger partial charge in [-0.25, -0.2) is 5.43 Å². The maximum Gasteiger partial charge on any atom is 0.325 e. The summed E-state index contributed by atoms with van der Waals surface area (Å²) in [5.41, 5.74) is 4.75. The number of furan rings is 1. The minimum Gasteiger partial charge on any atom is -0.465 e. The van der Waals surface area contributed by atoms with Crippen molar-refractivity contribution in [2.45, 2.75) is 13.5 Å². The van der Waals surface area contributed by atoms with Crippen molar-refractivity contribution in [2.24, 2.45) is 5.10 Å². The Kier molecular flexibility index (Phi) is 5.67. The lowest BCUT2D eigenvalue weighted by atomic mass is 10.2. The lowest BCUT2D eigenvalue weighted by molar-refractivity contribution is -0.143. The van der Waals surface area contributed by atoms with Gasteiger partial charge >= 0.3 is 11.9 Å². The van der Waals surface area contributed by atoms with Crippen LogP contribution in [-0.4, -0.2) is 29.3 Å². The molecule has 0 aliphatic rings. The Morgan fingerprint density at radius 2 is 2.07 bits per heavy atom. The van der Waals surface area contributed by atoms with E-state index >= 15 is 0 Å². The smallest absolute Gasteiger partial charge is 0.325 e. The summed E-state index contributed by atoms with van der Waals surface area (Å²) in [5.74, 6) is -0.592. The number of carbonyl (C=O) groups is 2. The van der Waals surface area contributed by atoms with Crippen molar-refractivity contribution in [2.75, 3.05) is 6.61 Å². The Morgan fingerprint density at radius 1 is 1.23 bits per heavy atom. The Balaban J connectivity index is 1.53. The van der Waals surface area contributed by atoms with Crippen LogP contribution in [0.4, 0.5) is 0 Å². The first kappa shape index (κ1) is 19.9. The summed E-state index contributed by atoms with van der Waals surface area (Å²) < 4.78 is 13.3. The number of aromatic nitrogens is 1. The number of rotatable bonds is 6. The molecule has 2 heterocycles. The number of ether oxygens (including phenoxy) is 1. The number of halogens is 1. The standard InChI is InChI=1S/C22H18BrN3O4/c1-2-29-21(27)13-26-12-15(17-5-3-4-6-18(17)26)11-24-25-22(28)20-10-14-9-16(23)7-8-19(14)30-20/h3-12H,2,13H2,1H3,(H,25,28)/b24-11+. The van der Waals surface area contributed by atoms with Crippen LogP contribution in [0.5, 0.6) is 0 Å². The van der Waals surface area contributed by atoms with Gasteiger partial charge in [-0.1, -0.05) is 34.1 Å². The van der Waals surface area contributed by atoms with Crippen LogP contribution in [0.3, 0.4) is 0 Å². The van der Waals surface area contributed by atoms with E-state index < -0.39 is 5.91 Å². The number of nitrogens with zero attached hydrogens (tertiary/aromatic N) is 2. The molecule has 30 heavy (non-hydrogen) atoms. The number of fused-ring (bicyclic) bond motifs is 2. The molecule has 0 saturated heterocycles. The molecular weight excluding hydrogens is 450 g/mol. The minimum atomic E-state index is -0.450. The van der Waals surface area contributed by atoms with E-state index in [1.165, 1.54) is 0 Å². The van der Waals surface area contributed by atoms with Gasteiger partial charge in [-0.3, -0.25) is 9.59 Å². The molecule has 0 spiro atoms. The topological polar surface area (TPSA) is 85.8 Å². The minimum absolute atomic E-state index is 0.100. The number of amides is 1. The van der Waals surface area contributed by atoms with Gasteiger partial charge in [0.15, 0.2) is 5.76 Å². The molecule has 152 valence electrons. The van der Waals surface area contributed by atoms with Gasteiger partial charge in [-0.2, -0.15) is 5.10 Å². The van der Waals surface area contributed by atoms with E-state index in [9.17, 15) is 9.59 Å². The van der Waals surface area contributed by atoms with Crippen LogP contribution in [0.25, 0.3) is 21.9 Å². The Hall–Kier alpha value is -3.39. The first-order valence-corrected chi connectivity index (χ1v) is 10.1. The number of carbonyl (C=O) groups excluding carboxylic acids is 2. The highest BCUT2D eigenvalue weighted by Gasteiger charge is 2.13. The van der Waals surface area contributed by atoms with Gasteiger partial charge in [0.1, 0.15) is 12.1 Å². The molecule has 4 rings (SSSR count). The molecule has 2 aromatic carbocycles. The summed E-state index contributed by atoms with van der Waals surface area (Å²) in [6.45, 7) is 2.20. The van der Waals surface area contributed by atoms with Crippen LogP contribution < -0.4 is 5.43 Å². The second-order valence-electron chi connectivity index (χ2n) is 6.53. The van der Waals surface area contributed by atoms with Gasteiger partial charge in [0.2, 0.25) is 0 Å². The Bertz CT molecular complexity index is 1270. The third-order valence-corrected chi connectivity index (χ3v) is 4.99. The number of para-hydroxylation sites is 1. The van der Waals surface area contributed by atoms with Crippen LogP contribution in [0.1, 0.15) is 23.0 Å². The second kappa shape index (κ2) is 8.54. The van der Waals surface area contributed by atoms with E-state index in [0.29, 0.717) is 12.2 Å². The number of benzene rings is 2. The summed E-state index contributed by atoms with van der Waals surface area (Å²) in [4.78, 5) is 24.3. The van der Waals surface area contributed by atoms with Gasteiger partial charge in [0, 0.05) is 32.5 Å². The van der Waals surface area contributed by atoms with E-state index in [2.05, 4.69) is 26.5 Å². The maximum atomic E-state index is 12.4. The van der Waals surface area contributed by atoms with Gasteiger partial charge in [0.25, 0.3) is 0 Å². The predicted octanol–water partition coefficient (Wildman–Crippen LogP) is 4.48. The zero-order valence-corrected chi connectivity index (χ0v) is 17.7. The fourth-order valence-corrected chi connectivity index (χ4v) is 3.58. The highest BCUT2D eigenvalue weighted by molar-refractivity contribution is 9.10. The quantitative estimate of drug-likeness (QED) is 0.257. The number of hydrogen-bond acceptors (Lipinski definition) is 5. The molecule has 7 nitrogen and oxygen atoms in total. The summed E-state index contributed by atoms with van der Waals surface area (Å²) in [5, 5.41) is 5.79. The zero-order valence-electron chi connectivity index (χ0n) is 16.1. The molecule has 2 aromatic heterocycles. The molecule has 1 N–H and O–H groups in total. The molecule has 0 aliphatic carbocycles. The van der Waals surface area contributed by atoms with Crippen molar-refractivity contribution in [3.05, 3.63) is 70.5 Å². The first-order chi connectivity index (χ1) is 14.5. The van der Waals surface area contributed by atoms with Gasteiger partial charge in [-0.15, -0.1) is 0 Å². The van der Waals surface area contributed by atoms with E-state index in [-0.39, 0.29) is 18.3 Å². The average Bonchev–Trinajstić information content (AvgIpc) is 3.30. The fraction of sp³-hybridized carbons (Fsp3) is 0.136. The second-order valence-corrected chi connectivity index (χ2v) is 7.44. The number of esters is 1. The van der Waals surface area contributed by atoms with Crippen LogP contribution >= 0.6 is 15.9 Å². The summed E-state index contributed by atoms with van der Waals surface area (Å²) in [6, 6.07) is 14.8. The maximum absolute atomic E-state index is 12.4. The van der Waals surface area contributed by atoms with E-state index in [4.69, 9.17) is 9.15 Å². The van der Waals surface area contributed by atoms with Crippen LogP contribution in [-0.2, 0) is 16.1 Å². The SMILES string of the molecule is CCOC(=O)Cn1cc(/C=N/NC(=O)c2cc3cc(Br)ccc3o2)c2ccccc21. The molecule has 0 atom stereocenters. The lowest BCUT2D eigenvalue weighted by Crippen LogP contribution is -2.16. The van der Waals surface area contributed by atoms with Crippen LogP contribution in [0, 0.1) is 0 Å². The molecule has 0 saturated carbocycles. The van der Waals surface area contributed by atoms with Crippen molar-refractivity contribution in [1.82, 2.24) is 9.99 Å². The van der Waals surface area contributed by atoms with Crippen molar-refractivity contribution >= 4 is 55.9 Å². The zero-order chi connectivity index (χ0) is 21.1. The third kappa shape index (κ3) is 4.13. The summed E-state index contributed by atoms with van der Waals surface area (Å²) in [6.07, 6.45) is 3.34. The third-order valence-electron chi connectivity index (χ3n) is 4.50. The molecule has 0 unspecified atom stereocenters. The van der Waals surface area contributed by atoms with Gasteiger partial charge in [-0.05, 0) is 37.3 Å². The molecular formula is C22H18BrN3O4. The number of hydrazone groups is 1. The summed E-state index contributed by atoms with van der Waals surface area (Å²) >= 11 is 3.39. The number of nitrogens with one attached hydrogen (secondary N) is 1. The molecule has 0 aliphatic heterocycles. The summed E-state index contributed by atoms with van der Waals surface area (Å²) in [7, 11) is 0. The fourth-order valence-electron chi connectivity index (χ4n) is 3.20. The van der Waals surface area contributed by atoms with Gasteiger partial charge < -0.3 is 13.7 Å². The Morgan fingerprint density at radius 3 is 2.90 bits per heavy atom. The highest BCUT2D eigenvalue weighted by atomic mass is 79.9. The molecule has 0 radical (unpaired) electrons. The first-order valence-electron chi connectivity index (χ1n) is 9.31. The average molecular weight is 468 g/mol. The van der Waals surface area contributed by atoms with E-state index in [1.54, 1.807) is 36.0 Å². The highest BCUT2D eigenvalue weighted by Crippen LogP contribution is 2.23. The van der Waals surface area contributed by atoms with Crippen LogP contribution in [0.2, 0.25) is 0 Å². The molecule has 0 fully saturated rings. The van der Waals surface area contributed by atoms with Crippen molar-refractivity contribution < 1.29 is 18.7 Å². The lowest BCUT2D eigenvalue weighted by Gasteiger charge is -2.04. The predicted molar refractivity (Wildman–Crippen MR) is 118 cm³/mol. The normalized spacial score (nSPS) is 11.4.